The Hall–Kier alpha value is -2.82. The van der Waals surface area contributed by atoms with Crippen LogP contribution in [-0.4, -0.2) is 23.0 Å². The monoisotopic (exact) mass is 323 g/mol. The van der Waals surface area contributed by atoms with Gasteiger partial charge in [0.25, 0.3) is 0 Å². The summed E-state index contributed by atoms with van der Waals surface area (Å²) in [5, 5.41) is 3.91. The molecule has 124 valence electrons. The van der Waals surface area contributed by atoms with Crippen LogP contribution in [0.5, 0.6) is 5.75 Å². The maximum Gasteiger partial charge on any atom is 0.230 e. The first-order valence-corrected chi connectivity index (χ1v) is 7.82. The molecule has 24 heavy (non-hydrogen) atoms. The first kappa shape index (κ1) is 16.1. The van der Waals surface area contributed by atoms with Crippen LogP contribution in [0, 0.1) is 5.41 Å². The summed E-state index contributed by atoms with van der Waals surface area (Å²) < 4.78 is 5.51. The Morgan fingerprint density at radius 1 is 1.17 bits per heavy atom. The topological polar surface area (TPSA) is 67.0 Å². The predicted molar refractivity (Wildman–Crippen MR) is 96.2 cm³/mol. The van der Waals surface area contributed by atoms with E-state index in [2.05, 4.69) is 15.3 Å². The van der Waals surface area contributed by atoms with E-state index in [-0.39, 0.29) is 5.91 Å². The van der Waals surface area contributed by atoms with Gasteiger partial charge in [0, 0.05) is 39.8 Å². The highest BCUT2D eigenvalue weighted by Gasteiger charge is 2.21. The molecule has 0 aliphatic carbocycles. The maximum atomic E-state index is 12.1. The Morgan fingerprint density at radius 2 is 1.96 bits per heavy atom. The van der Waals surface area contributed by atoms with Crippen molar-refractivity contribution in [2.45, 2.75) is 20.8 Å². The third-order valence-corrected chi connectivity index (χ3v) is 3.89. The molecule has 2 heterocycles. The molecular formula is C19H21N3O2. The maximum absolute atomic E-state index is 12.1. The van der Waals surface area contributed by atoms with Gasteiger partial charge < -0.3 is 15.0 Å². The summed E-state index contributed by atoms with van der Waals surface area (Å²) in [6.07, 6.45) is 3.65. The molecule has 2 aromatic heterocycles. The van der Waals surface area contributed by atoms with Gasteiger partial charge in [0.1, 0.15) is 11.6 Å². The first-order chi connectivity index (χ1) is 11.4. The predicted octanol–water partition coefficient (Wildman–Crippen LogP) is 4.22. The number of ether oxygens (including phenoxy) is 1. The molecule has 1 amide bonds. The van der Waals surface area contributed by atoms with E-state index in [0.717, 1.165) is 27.8 Å². The number of anilines is 1. The third-order valence-electron chi connectivity index (χ3n) is 3.89. The first-order valence-electron chi connectivity index (χ1n) is 7.82. The molecule has 0 atom stereocenters. The van der Waals surface area contributed by atoms with Gasteiger partial charge in [-0.15, -0.1) is 0 Å². The summed E-state index contributed by atoms with van der Waals surface area (Å²) in [6.45, 7) is 5.61. The van der Waals surface area contributed by atoms with Gasteiger partial charge in [-0.2, -0.15) is 0 Å². The molecule has 0 fully saturated rings. The summed E-state index contributed by atoms with van der Waals surface area (Å²) in [4.78, 5) is 19.6. The minimum atomic E-state index is -0.458. The van der Waals surface area contributed by atoms with Crippen molar-refractivity contribution in [2.75, 3.05) is 12.4 Å². The number of fused-ring (bicyclic) bond motifs is 1. The number of aromatic nitrogens is 2. The van der Waals surface area contributed by atoms with Crippen LogP contribution in [0.25, 0.3) is 22.0 Å². The zero-order valence-electron chi connectivity index (χ0n) is 14.3. The Morgan fingerprint density at radius 3 is 2.58 bits per heavy atom. The Kier molecular flexibility index (Phi) is 4.01. The van der Waals surface area contributed by atoms with Crippen molar-refractivity contribution in [1.82, 2.24) is 9.97 Å². The molecule has 0 spiro atoms. The number of nitrogens with zero attached hydrogens (tertiary/aromatic N) is 1. The molecule has 0 saturated heterocycles. The van der Waals surface area contributed by atoms with Gasteiger partial charge in [0.15, 0.2) is 0 Å². The van der Waals surface area contributed by atoms with Crippen molar-refractivity contribution in [1.29, 1.82) is 0 Å². The SMILES string of the molecule is COc1ccc2[nH]ccc2c1-c1ccc(NC(=O)C(C)(C)C)nc1. The fourth-order valence-corrected chi connectivity index (χ4v) is 2.50. The van der Waals surface area contributed by atoms with Gasteiger partial charge in [-0.25, -0.2) is 4.98 Å². The fraction of sp³-hybridized carbons (Fsp3) is 0.263. The number of nitrogens with one attached hydrogen (secondary N) is 2. The molecule has 5 nitrogen and oxygen atoms in total. The van der Waals surface area contributed by atoms with Crippen LogP contribution in [0.3, 0.4) is 0 Å². The number of rotatable bonds is 3. The van der Waals surface area contributed by atoms with Gasteiger partial charge in [0.05, 0.1) is 7.11 Å². The van der Waals surface area contributed by atoms with Crippen molar-refractivity contribution in [3.63, 3.8) is 0 Å². The van der Waals surface area contributed by atoms with Crippen LogP contribution in [0.2, 0.25) is 0 Å². The smallest absolute Gasteiger partial charge is 0.230 e. The molecule has 0 aliphatic rings. The molecule has 2 N–H and O–H groups in total. The van der Waals surface area contributed by atoms with Crippen molar-refractivity contribution in [3.05, 3.63) is 42.7 Å². The van der Waals surface area contributed by atoms with Crippen molar-refractivity contribution in [2.24, 2.45) is 5.41 Å². The van der Waals surface area contributed by atoms with E-state index in [1.807, 2.05) is 57.3 Å². The normalized spacial score (nSPS) is 11.5. The van der Waals surface area contributed by atoms with E-state index in [1.54, 1.807) is 13.3 Å². The standard InChI is InChI=1S/C19H21N3O2/c1-19(2,3)18(23)22-16-8-5-12(11-21-16)17-13-9-10-20-14(13)6-7-15(17)24-4/h5-11,20H,1-4H3,(H,21,22,23). The number of pyridine rings is 1. The van der Waals surface area contributed by atoms with Gasteiger partial charge >= 0.3 is 0 Å². The minimum absolute atomic E-state index is 0.0620. The summed E-state index contributed by atoms with van der Waals surface area (Å²) in [5.41, 5.74) is 2.50. The van der Waals surface area contributed by atoms with E-state index in [1.165, 1.54) is 0 Å². The Bertz CT molecular complexity index is 874. The van der Waals surface area contributed by atoms with Crippen molar-refractivity contribution < 1.29 is 9.53 Å². The number of amides is 1. The van der Waals surface area contributed by atoms with Gasteiger partial charge in [-0.3, -0.25) is 4.79 Å². The third kappa shape index (κ3) is 2.97. The number of aromatic amines is 1. The zero-order valence-corrected chi connectivity index (χ0v) is 14.3. The summed E-state index contributed by atoms with van der Waals surface area (Å²) >= 11 is 0. The zero-order chi connectivity index (χ0) is 17.3. The van der Waals surface area contributed by atoms with E-state index in [0.29, 0.717) is 5.82 Å². The number of carbonyl (C=O) groups is 1. The highest BCUT2D eigenvalue weighted by Crippen LogP contribution is 2.36. The van der Waals surface area contributed by atoms with E-state index < -0.39 is 5.41 Å². The lowest BCUT2D eigenvalue weighted by atomic mass is 9.96. The molecule has 0 bridgehead atoms. The molecule has 1 aromatic carbocycles. The summed E-state index contributed by atoms with van der Waals surface area (Å²) in [6, 6.07) is 9.69. The molecule has 0 aliphatic heterocycles. The van der Waals surface area contributed by atoms with E-state index in [4.69, 9.17) is 4.74 Å². The molecule has 0 radical (unpaired) electrons. The highest BCUT2D eigenvalue weighted by molar-refractivity contribution is 5.98. The summed E-state index contributed by atoms with van der Waals surface area (Å²) in [5.74, 6) is 1.27. The Balaban J connectivity index is 1.97. The number of hydrogen-bond acceptors (Lipinski definition) is 3. The number of H-pyrrole nitrogens is 1. The number of hydrogen-bond donors (Lipinski definition) is 2. The second-order valence-electron chi connectivity index (χ2n) is 6.72. The fourth-order valence-electron chi connectivity index (χ4n) is 2.50. The van der Waals surface area contributed by atoms with Gasteiger partial charge in [-0.1, -0.05) is 20.8 Å². The molecule has 3 rings (SSSR count). The molecule has 5 heteroatoms. The average Bonchev–Trinajstić information content (AvgIpc) is 3.02. The van der Waals surface area contributed by atoms with Crippen LogP contribution in [0.1, 0.15) is 20.8 Å². The quantitative estimate of drug-likeness (QED) is 0.758. The lowest BCUT2D eigenvalue weighted by molar-refractivity contribution is -0.123. The van der Waals surface area contributed by atoms with Crippen molar-refractivity contribution >= 4 is 22.6 Å². The van der Waals surface area contributed by atoms with Crippen LogP contribution in [0.15, 0.2) is 42.7 Å². The molecule has 0 saturated carbocycles. The van der Waals surface area contributed by atoms with Crippen LogP contribution < -0.4 is 10.1 Å². The number of methoxy groups -OCH3 is 1. The van der Waals surface area contributed by atoms with Crippen LogP contribution in [-0.2, 0) is 4.79 Å². The lowest BCUT2D eigenvalue weighted by Crippen LogP contribution is -2.27. The largest absolute Gasteiger partial charge is 0.496 e. The van der Waals surface area contributed by atoms with E-state index >= 15 is 0 Å². The molecular weight excluding hydrogens is 302 g/mol. The average molecular weight is 323 g/mol. The molecule has 3 aromatic rings. The van der Waals surface area contributed by atoms with Gasteiger partial charge in [0.2, 0.25) is 5.91 Å². The summed E-state index contributed by atoms with van der Waals surface area (Å²) in [7, 11) is 1.66. The Labute approximate surface area is 141 Å². The van der Waals surface area contributed by atoms with Gasteiger partial charge in [-0.05, 0) is 30.3 Å². The molecule has 0 unspecified atom stereocenters. The number of benzene rings is 1. The second-order valence-corrected chi connectivity index (χ2v) is 6.72. The van der Waals surface area contributed by atoms with Crippen LogP contribution >= 0.6 is 0 Å². The van der Waals surface area contributed by atoms with Crippen molar-refractivity contribution in [3.8, 4) is 16.9 Å². The minimum Gasteiger partial charge on any atom is -0.496 e. The van der Waals surface area contributed by atoms with E-state index in [9.17, 15) is 4.79 Å². The van der Waals surface area contributed by atoms with Crippen LogP contribution in [0.4, 0.5) is 5.82 Å². The second kappa shape index (κ2) is 6.00. The lowest BCUT2D eigenvalue weighted by Gasteiger charge is -2.17. The number of carbonyl (C=O) groups excluding carboxylic acids is 1. The highest BCUT2D eigenvalue weighted by atomic mass is 16.5.